The van der Waals surface area contributed by atoms with Crippen LogP contribution in [-0.4, -0.2) is 22.2 Å². The van der Waals surface area contributed by atoms with Gasteiger partial charge < -0.3 is 20.7 Å². The molecule has 0 saturated carbocycles. The molecular formula is C10H24AgNO3. The van der Waals surface area contributed by atoms with Gasteiger partial charge in [-0.2, -0.15) is 0 Å². The van der Waals surface area contributed by atoms with E-state index in [0.717, 1.165) is 0 Å². The summed E-state index contributed by atoms with van der Waals surface area (Å²) >= 11 is 0. The molecule has 0 aromatic heterocycles. The first kappa shape index (κ1) is 24.4. The Morgan fingerprint density at radius 2 is 1.53 bits per heavy atom. The molecule has 0 rings (SSSR count). The van der Waals surface area contributed by atoms with Crippen LogP contribution in [0.15, 0.2) is 0 Å². The summed E-state index contributed by atoms with van der Waals surface area (Å²) < 4.78 is 0. The normalized spacial score (nSPS) is 13.3. The Kier molecular flexibility index (Phi) is 15.2. The summed E-state index contributed by atoms with van der Waals surface area (Å²) in [5, 5.41) is 18.6. The Labute approximate surface area is 109 Å². The van der Waals surface area contributed by atoms with Gasteiger partial charge in [-0.3, -0.25) is 0 Å². The molecule has 1 atom stereocenters. The molecule has 15 heavy (non-hydrogen) atoms. The minimum Gasteiger partial charge on any atom is -0.547 e. The number of rotatable bonds is 2. The van der Waals surface area contributed by atoms with Gasteiger partial charge in [-0.15, -0.1) is 0 Å². The van der Waals surface area contributed by atoms with Gasteiger partial charge in [0, 0.05) is 5.54 Å². The molecule has 1 unspecified atom stereocenters. The number of hydrogen-bond donors (Lipinski definition) is 2. The van der Waals surface area contributed by atoms with E-state index in [0.29, 0.717) is 0 Å². The summed E-state index contributed by atoms with van der Waals surface area (Å²) in [6, 6.07) is 0. The van der Waals surface area contributed by atoms with Crippen LogP contribution < -0.4 is 10.8 Å². The number of aliphatic hydroxyl groups is 1. The topological polar surface area (TPSA) is 86.4 Å². The van der Waals surface area contributed by atoms with Crippen LogP contribution in [0.5, 0.6) is 0 Å². The van der Waals surface area contributed by atoms with Gasteiger partial charge in [-0.25, -0.2) is 0 Å². The van der Waals surface area contributed by atoms with E-state index in [1.54, 1.807) is 6.92 Å². The number of carbonyl (C=O) groups is 1. The molecule has 0 spiro atoms. The number of carboxylic acids is 1. The van der Waals surface area contributed by atoms with Gasteiger partial charge in [0.1, 0.15) is 5.60 Å². The second-order valence-corrected chi connectivity index (χ2v) is 4.28. The third kappa shape index (κ3) is 24.9. The summed E-state index contributed by atoms with van der Waals surface area (Å²) in [6.07, 6.45) is 0.176. The molecule has 0 aliphatic carbocycles. The number of carbonyl (C=O) groups excluding carboxylic acids is 1. The predicted octanol–water partition coefficient (Wildman–Crippen LogP) is 0.274. The molecule has 0 amide bonds. The minimum atomic E-state index is -1.65. The van der Waals surface area contributed by atoms with Gasteiger partial charge >= 0.3 is 22.4 Å². The molecule has 0 aliphatic heterocycles. The molecule has 5 heteroatoms. The molecule has 0 fully saturated rings. The first-order chi connectivity index (χ1) is 5.50. The van der Waals surface area contributed by atoms with E-state index in [1.807, 2.05) is 20.8 Å². The van der Waals surface area contributed by atoms with E-state index in [9.17, 15) is 9.90 Å². The van der Waals surface area contributed by atoms with Crippen molar-refractivity contribution in [2.45, 2.75) is 59.6 Å². The molecule has 3 N–H and O–H groups in total. The SMILES string of the molecule is C.CC(C)(C)N.CCC(C)(O)C(=O)[O-].[Ag+]. The van der Waals surface area contributed by atoms with Gasteiger partial charge in [0.25, 0.3) is 0 Å². The van der Waals surface area contributed by atoms with Crippen molar-refractivity contribution in [2.24, 2.45) is 5.73 Å². The summed E-state index contributed by atoms with van der Waals surface area (Å²) in [4.78, 5) is 9.89. The fraction of sp³-hybridized carbons (Fsp3) is 0.900. The zero-order chi connectivity index (χ0) is 11.3. The number of nitrogens with two attached hydrogens (primary N) is 1. The average Bonchev–Trinajstić information content (AvgIpc) is 1.83. The Bertz CT molecular complexity index is 159. The van der Waals surface area contributed by atoms with E-state index < -0.39 is 11.6 Å². The summed E-state index contributed by atoms with van der Waals surface area (Å²) in [7, 11) is 0. The molecule has 0 heterocycles. The Hall–Kier alpha value is 0.130. The molecule has 0 aromatic rings. The predicted molar refractivity (Wildman–Crippen MR) is 56.6 cm³/mol. The van der Waals surface area contributed by atoms with Gasteiger partial charge in [0.2, 0.25) is 0 Å². The smallest absolute Gasteiger partial charge is 0.547 e. The first-order valence-corrected chi connectivity index (χ1v) is 4.23. The number of aliphatic carboxylic acids is 1. The Morgan fingerprint density at radius 3 is 1.53 bits per heavy atom. The minimum absolute atomic E-state index is 0. The van der Waals surface area contributed by atoms with Crippen molar-refractivity contribution in [3.05, 3.63) is 0 Å². The molecule has 4 nitrogen and oxygen atoms in total. The second kappa shape index (κ2) is 9.36. The quantitative estimate of drug-likeness (QED) is 0.717. The van der Waals surface area contributed by atoms with Crippen LogP contribution in [0, 0.1) is 0 Å². The number of hydrogen-bond acceptors (Lipinski definition) is 4. The molecular weight excluding hydrogens is 290 g/mol. The largest absolute Gasteiger partial charge is 1.00 e. The van der Waals surface area contributed by atoms with Crippen molar-refractivity contribution in [3.63, 3.8) is 0 Å². The number of carboxylic acid groups (broad SMARTS) is 1. The van der Waals surface area contributed by atoms with Crippen LogP contribution in [-0.2, 0) is 27.2 Å². The van der Waals surface area contributed by atoms with Crippen LogP contribution in [0.3, 0.4) is 0 Å². The third-order valence-electron chi connectivity index (χ3n) is 1.13. The maximum atomic E-state index is 9.89. The maximum Gasteiger partial charge on any atom is 1.00 e. The van der Waals surface area contributed by atoms with Crippen molar-refractivity contribution in [2.75, 3.05) is 0 Å². The molecule has 0 aliphatic rings. The molecule has 98 valence electrons. The summed E-state index contributed by atoms with van der Waals surface area (Å²) in [5.41, 5.74) is 3.70. The Morgan fingerprint density at radius 1 is 1.33 bits per heavy atom. The maximum absolute atomic E-state index is 9.89. The molecule has 0 aromatic carbocycles. The van der Waals surface area contributed by atoms with E-state index in [2.05, 4.69) is 0 Å². The molecule has 0 saturated heterocycles. The monoisotopic (exact) mass is 313 g/mol. The van der Waals surface area contributed by atoms with Crippen LogP contribution in [0.1, 0.15) is 48.5 Å². The standard InChI is InChI=1S/C5H10O3.C4H11N.CH4.Ag/c1-3-5(2,8)4(6)7;1-4(2,3)5;;/h8H,3H2,1-2H3,(H,6,7);5H2,1-3H3;1H4;/q;;;+1/p-1. The van der Waals surface area contributed by atoms with Crippen molar-refractivity contribution in [1.82, 2.24) is 0 Å². The Balaban J connectivity index is -0.0000000770. The van der Waals surface area contributed by atoms with Crippen LogP contribution in [0.2, 0.25) is 0 Å². The van der Waals surface area contributed by atoms with Crippen molar-refractivity contribution in [1.29, 1.82) is 0 Å². The molecule has 0 bridgehead atoms. The zero-order valence-electron chi connectivity index (χ0n) is 9.35. The van der Waals surface area contributed by atoms with Gasteiger partial charge in [0.15, 0.2) is 0 Å². The van der Waals surface area contributed by atoms with Crippen molar-refractivity contribution < 1.29 is 37.4 Å². The average molecular weight is 314 g/mol. The first-order valence-electron chi connectivity index (χ1n) is 4.23. The summed E-state index contributed by atoms with van der Waals surface area (Å²) in [5.74, 6) is -1.42. The van der Waals surface area contributed by atoms with Crippen molar-refractivity contribution >= 4 is 5.97 Å². The van der Waals surface area contributed by atoms with E-state index in [-0.39, 0.29) is 41.8 Å². The van der Waals surface area contributed by atoms with Gasteiger partial charge in [-0.1, -0.05) is 14.4 Å². The van der Waals surface area contributed by atoms with Gasteiger partial charge in [-0.05, 0) is 34.1 Å². The van der Waals surface area contributed by atoms with E-state index in [4.69, 9.17) is 10.8 Å². The molecule has 0 radical (unpaired) electrons. The van der Waals surface area contributed by atoms with E-state index >= 15 is 0 Å². The third-order valence-corrected chi connectivity index (χ3v) is 1.13. The van der Waals surface area contributed by atoms with Crippen LogP contribution in [0.25, 0.3) is 0 Å². The second-order valence-electron chi connectivity index (χ2n) is 4.28. The zero-order valence-corrected chi connectivity index (χ0v) is 10.8. The van der Waals surface area contributed by atoms with Gasteiger partial charge in [0.05, 0.1) is 5.97 Å². The van der Waals surface area contributed by atoms with E-state index in [1.165, 1.54) is 6.92 Å². The van der Waals surface area contributed by atoms with Crippen molar-refractivity contribution in [3.8, 4) is 0 Å². The fourth-order valence-electron chi connectivity index (χ4n) is 0.144. The van der Waals surface area contributed by atoms with Crippen LogP contribution in [0.4, 0.5) is 0 Å². The van der Waals surface area contributed by atoms with Crippen LogP contribution >= 0.6 is 0 Å². The summed E-state index contributed by atoms with van der Waals surface area (Å²) in [6.45, 7) is 8.69. The fourth-order valence-corrected chi connectivity index (χ4v) is 0.144.